The number of benzene rings is 3. The molecule has 0 fully saturated rings. The van der Waals surface area contributed by atoms with Gasteiger partial charge in [-0.05, 0) is 35.9 Å². The Morgan fingerprint density at radius 1 is 0.848 bits per heavy atom. The number of nitrogen functional groups attached to an aromatic ring is 1. The molecule has 0 saturated heterocycles. The largest absolute Gasteiger partial charge is 0.470 e. The van der Waals surface area contributed by atoms with Crippen LogP contribution in [0.5, 0.6) is 5.88 Å². The fourth-order valence-electron chi connectivity index (χ4n) is 3.55. The summed E-state index contributed by atoms with van der Waals surface area (Å²) in [4.78, 5) is 13.7. The van der Waals surface area contributed by atoms with Gasteiger partial charge in [0.05, 0.1) is 16.2 Å². The van der Waals surface area contributed by atoms with Crippen molar-refractivity contribution in [3.05, 3.63) is 101 Å². The van der Waals surface area contributed by atoms with Crippen molar-refractivity contribution in [1.29, 1.82) is 0 Å². The van der Waals surface area contributed by atoms with E-state index in [-0.39, 0.29) is 24.1 Å². The molecule has 7 heteroatoms. The van der Waals surface area contributed by atoms with Crippen LogP contribution in [0, 0.1) is 5.82 Å². The van der Waals surface area contributed by atoms with Crippen molar-refractivity contribution in [2.24, 2.45) is 0 Å². The van der Waals surface area contributed by atoms with Crippen LogP contribution >= 0.6 is 11.6 Å². The molecule has 2 aromatic heterocycles. The second-order valence-corrected chi connectivity index (χ2v) is 7.83. The highest BCUT2D eigenvalue weighted by molar-refractivity contribution is 6.35. The minimum atomic E-state index is -0.310. The number of halogens is 2. The van der Waals surface area contributed by atoms with Crippen molar-refractivity contribution in [2.45, 2.75) is 6.61 Å². The fraction of sp³-hybridized carbons (Fsp3) is 0.0385. The Morgan fingerprint density at radius 2 is 1.61 bits per heavy atom. The summed E-state index contributed by atoms with van der Waals surface area (Å²) >= 11 is 6.54. The highest BCUT2D eigenvalue weighted by atomic mass is 35.5. The molecular weight excluding hydrogens is 439 g/mol. The third-order valence-electron chi connectivity index (χ3n) is 5.16. The number of hydrogen-bond acceptors (Lipinski definition) is 5. The number of anilines is 1. The minimum absolute atomic E-state index is 0.160. The van der Waals surface area contributed by atoms with Gasteiger partial charge < -0.3 is 10.5 Å². The van der Waals surface area contributed by atoms with Gasteiger partial charge >= 0.3 is 0 Å². The van der Waals surface area contributed by atoms with E-state index in [9.17, 15) is 4.39 Å². The van der Waals surface area contributed by atoms with E-state index in [1.54, 1.807) is 18.3 Å². The van der Waals surface area contributed by atoms with E-state index in [0.717, 1.165) is 22.1 Å². The highest BCUT2D eigenvalue weighted by Gasteiger charge is 2.18. The van der Waals surface area contributed by atoms with E-state index >= 15 is 0 Å². The zero-order chi connectivity index (χ0) is 22.8. The van der Waals surface area contributed by atoms with Crippen molar-refractivity contribution in [3.63, 3.8) is 0 Å². The van der Waals surface area contributed by atoms with Crippen molar-refractivity contribution in [3.8, 4) is 28.4 Å². The summed E-state index contributed by atoms with van der Waals surface area (Å²) in [6.45, 7) is 0.172. The Morgan fingerprint density at radius 3 is 2.39 bits per heavy atom. The Balaban J connectivity index is 1.62. The molecule has 0 spiro atoms. The van der Waals surface area contributed by atoms with Crippen LogP contribution in [-0.4, -0.2) is 15.0 Å². The van der Waals surface area contributed by atoms with Crippen LogP contribution in [0.4, 0.5) is 10.2 Å². The molecule has 0 aliphatic heterocycles. The lowest BCUT2D eigenvalue weighted by Gasteiger charge is -2.14. The number of hydrogen-bond donors (Lipinski definition) is 1. The summed E-state index contributed by atoms with van der Waals surface area (Å²) in [5, 5.41) is 1.39. The predicted octanol–water partition coefficient (Wildman–Crippen LogP) is 6.31. The Hall–Kier alpha value is -4.03. The van der Waals surface area contributed by atoms with Gasteiger partial charge in [0.2, 0.25) is 0 Å². The van der Waals surface area contributed by atoms with Crippen molar-refractivity contribution in [2.75, 3.05) is 5.73 Å². The maximum absolute atomic E-state index is 13.2. The lowest BCUT2D eigenvalue weighted by molar-refractivity contribution is 0.295. The molecule has 33 heavy (non-hydrogen) atoms. The average Bonchev–Trinajstić information content (AvgIpc) is 2.84. The summed E-state index contributed by atoms with van der Waals surface area (Å²) in [7, 11) is 0. The normalized spacial score (nSPS) is 11.0. The molecule has 5 nitrogen and oxygen atoms in total. The molecule has 0 aliphatic rings. The Kier molecular flexibility index (Phi) is 5.59. The molecule has 0 atom stereocenters. The second-order valence-electron chi connectivity index (χ2n) is 7.43. The number of ether oxygens (including phenoxy) is 1. The van der Waals surface area contributed by atoms with E-state index < -0.39 is 0 Å². The van der Waals surface area contributed by atoms with Gasteiger partial charge in [-0.3, -0.25) is 4.98 Å². The molecule has 5 aromatic rings. The minimum Gasteiger partial charge on any atom is -0.470 e. The van der Waals surface area contributed by atoms with Crippen LogP contribution in [-0.2, 0) is 6.61 Å². The highest BCUT2D eigenvalue weighted by Crippen LogP contribution is 2.36. The summed E-state index contributed by atoms with van der Waals surface area (Å²) in [6.07, 6.45) is 1.70. The first-order chi connectivity index (χ1) is 16.1. The molecule has 3 aromatic carbocycles. The van der Waals surface area contributed by atoms with Crippen molar-refractivity contribution in [1.82, 2.24) is 15.0 Å². The van der Waals surface area contributed by atoms with Gasteiger partial charge in [-0.25, -0.2) is 14.4 Å². The van der Waals surface area contributed by atoms with Gasteiger partial charge in [-0.15, -0.1) is 0 Å². The Bertz CT molecular complexity index is 1440. The van der Waals surface area contributed by atoms with Gasteiger partial charge in [-0.1, -0.05) is 60.1 Å². The molecule has 0 aliphatic carbocycles. The van der Waals surface area contributed by atoms with E-state index in [0.29, 0.717) is 21.9 Å². The summed E-state index contributed by atoms with van der Waals surface area (Å²) in [6, 6.07) is 23.3. The molecule has 0 amide bonds. The third-order valence-corrected chi connectivity index (χ3v) is 5.44. The molecule has 5 rings (SSSR count). The molecule has 0 saturated carbocycles. The number of pyridine rings is 1. The van der Waals surface area contributed by atoms with Crippen LogP contribution in [0.2, 0.25) is 5.02 Å². The summed E-state index contributed by atoms with van der Waals surface area (Å²) in [5.74, 6) is 0.0416. The zero-order valence-electron chi connectivity index (χ0n) is 17.4. The van der Waals surface area contributed by atoms with Crippen molar-refractivity contribution < 1.29 is 9.13 Å². The molecule has 0 radical (unpaired) electrons. The van der Waals surface area contributed by atoms with Crippen LogP contribution < -0.4 is 10.5 Å². The van der Waals surface area contributed by atoms with E-state index in [1.165, 1.54) is 12.1 Å². The number of nitrogens with zero attached hydrogens (tertiary/aromatic N) is 3. The van der Waals surface area contributed by atoms with Crippen molar-refractivity contribution >= 4 is 28.3 Å². The van der Waals surface area contributed by atoms with Crippen LogP contribution in [0.1, 0.15) is 5.56 Å². The number of rotatable bonds is 5. The number of nitrogens with two attached hydrogens (primary N) is 1. The standard InChI is InChI=1S/C26H18ClFN4O/c27-21-14-19(13-18-7-4-12-30-22(18)21)24-23(17-5-2-1-3-6-17)31-25(29)26(32-24)33-15-16-8-10-20(28)11-9-16/h1-14H,15H2,(H2,29,31). The quantitative estimate of drug-likeness (QED) is 0.335. The average molecular weight is 457 g/mol. The first kappa shape index (κ1) is 20.8. The van der Waals surface area contributed by atoms with Gasteiger partial charge in [0.25, 0.3) is 5.88 Å². The summed E-state index contributed by atoms with van der Waals surface area (Å²) < 4.78 is 19.1. The molecule has 162 valence electrons. The number of fused-ring (bicyclic) bond motifs is 1. The van der Waals surface area contributed by atoms with E-state index in [4.69, 9.17) is 27.1 Å². The van der Waals surface area contributed by atoms with Gasteiger partial charge in [0, 0.05) is 22.7 Å². The van der Waals surface area contributed by atoms with Crippen LogP contribution in [0.15, 0.2) is 85.1 Å². The first-order valence-corrected chi connectivity index (χ1v) is 10.6. The van der Waals surface area contributed by atoms with Crippen LogP contribution in [0.3, 0.4) is 0 Å². The van der Waals surface area contributed by atoms with E-state index in [2.05, 4.69) is 9.97 Å². The molecule has 2 heterocycles. The maximum Gasteiger partial charge on any atom is 0.258 e. The van der Waals surface area contributed by atoms with Gasteiger partial charge in [-0.2, -0.15) is 0 Å². The summed E-state index contributed by atoms with van der Waals surface area (Å²) in [5.41, 5.74) is 10.5. The molecule has 0 bridgehead atoms. The number of aromatic nitrogens is 3. The fourth-order valence-corrected chi connectivity index (χ4v) is 3.83. The molecule has 0 unspecified atom stereocenters. The third kappa shape index (κ3) is 4.33. The van der Waals surface area contributed by atoms with Gasteiger partial charge in [0.15, 0.2) is 5.82 Å². The van der Waals surface area contributed by atoms with E-state index in [1.807, 2.05) is 54.6 Å². The second kappa shape index (κ2) is 8.84. The molecular formula is C26H18ClFN4O. The van der Waals surface area contributed by atoms with Crippen LogP contribution in [0.25, 0.3) is 33.4 Å². The first-order valence-electron chi connectivity index (χ1n) is 10.2. The monoisotopic (exact) mass is 456 g/mol. The molecule has 2 N–H and O–H groups in total. The Labute approximate surface area is 194 Å². The zero-order valence-corrected chi connectivity index (χ0v) is 18.1. The van der Waals surface area contributed by atoms with Gasteiger partial charge in [0.1, 0.15) is 18.1 Å². The SMILES string of the molecule is Nc1nc(-c2ccccc2)c(-c2cc(Cl)c3ncccc3c2)nc1OCc1ccc(F)cc1. The lowest BCUT2D eigenvalue weighted by Crippen LogP contribution is -2.06. The lowest BCUT2D eigenvalue weighted by atomic mass is 10.0. The predicted molar refractivity (Wildman–Crippen MR) is 128 cm³/mol. The smallest absolute Gasteiger partial charge is 0.258 e. The maximum atomic E-state index is 13.2. The topological polar surface area (TPSA) is 73.9 Å².